The molecule has 2 heterocycles. The molecule has 0 spiro atoms. The topological polar surface area (TPSA) is 123 Å². The highest BCUT2D eigenvalue weighted by molar-refractivity contribution is 7.89. The van der Waals surface area contributed by atoms with Crippen molar-refractivity contribution in [1.29, 1.82) is 0 Å². The predicted molar refractivity (Wildman–Crippen MR) is 138 cm³/mol. The quantitative estimate of drug-likeness (QED) is 0.278. The zero-order valence-corrected chi connectivity index (χ0v) is 20.0. The van der Waals surface area contributed by atoms with Crippen LogP contribution in [-0.2, 0) is 16.6 Å². The molecular formula is C26H20F2N6O2S. The van der Waals surface area contributed by atoms with Gasteiger partial charge < -0.3 is 10.6 Å². The van der Waals surface area contributed by atoms with Crippen LogP contribution >= 0.6 is 0 Å². The lowest BCUT2D eigenvalue weighted by Gasteiger charge is -2.13. The van der Waals surface area contributed by atoms with E-state index in [0.717, 1.165) is 5.56 Å². The van der Waals surface area contributed by atoms with E-state index in [-0.39, 0.29) is 16.7 Å². The Labute approximate surface area is 211 Å². The minimum Gasteiger partial charge on any atom is -0.350 e. The third kappa shape index (κ3) is 5.68. The van der Waals surface area contributed by atoms with E-state index in [9.17, 15) is 17.2 Å². The summed E-state index contributed by atoms with van der Waals surface area (Å²) in [4.78, 5) is 13.8. The van der Waals surface area contributed by atoms with Gasteiger partial charge in [0, 0.05) is 17.8 Å². The van der Waals surface area contributed by atoms with Gasteiger partial charge in [0.15, 0.2) is 5.82 Å². The van der Waals surface area contributed by atoms with Crippen molar-refractivity contribution in [1.82, 2.24) is 15.0 Å². The third-order valence-electron chi connectivity index (χ3n) is 5.47. The van der Waals surface area contributed by atoms with Crippen LogP contribution in [0.3, 0.4) is 0 Å². The second-order valence-electron chi connectivity index (χ2n) is 8.14. The van der Waals surface area contributed by atoms with Gasteiger partial charge in [0.2, 0.25) is 16.0 Å². The van der Waals surface area contributed by atoms with E-state index >= 15 is 0 Å². The summed E-state index contributed by atoms with van der Waals surface area (Å²) < 4.78 is 50.2. The molecule has 0 saturated heterocycles. The number of nitrogens with zero attached hydrogens (tertiary/aromatic N) is 3. The fraction of sp³-hybridized carbons (Fsp3) is 0.0385. The lowest BCUT2D eigenvalue weighted by molar-refractivity contribution is 0.597. The van der Waals surface area contributed by atoms with Gasteiger partial charge in [-0.25, -0.2) is 32.3 Å². The normalized spacial score (nSPS) is 11.4. The average molecular weight is 519 g/mol. The van der Waals surface area contributed by atoms with Crippen LogP contribution in [0.5, 0.6) is 0 Å². The van der Waals surface area contributed by atoms with Gasteiger partial charge >= 0.3 is 0 Å². The van der Waals surface area contributed by atoms with Gasteiger partial charge in [-0.05, 0) is 72.3 Å². The molecule has 0 amide bonds. The van der Waals surface area contributed by atoms with E-state index in [2.05, 4.69) is 25.6 Å². The molecule has 0 unspecified atom stereocenters. The lowest BCUT2D eigenvalue weighted by Crippen LogP contribution is -2.12. The predicted octanol–water partition coefficient (Wildman–Crippen LogP) is 4.97. The van der Waals surface area contributed by atoms with Crippen molar-refractivity contribution >= 4 is 38.5 Å². The number of pyridine rings is 1. The van der Waals surface area contributed by atoms with Crippen molar-refractivity contribution in [3.8, 4) is 11.3 Å². The molecule has 4 N–H and O–H groups in total. The Balaban J connectivity index is 1.50. The Hall–Kier alpha value is -4.48. The van der Waals surface area contributed by atoms with Crippen LogP contribution in [-0.4, -0.2) is 23.4 Å². The van der Waals surface area contributed by atoms with E-state index in [1.807, 2.05) is 0 Å². The van der Waals surface area contributed by atoms with Crippen LogP contribution in [0, 0.1) is 11.6 Å². The molecule has 8 nitrogen and oxygen atoms in total. The molecule has 5 rings (SSSR count). The van der Waals surface area contributed by atoms with Crippen LogP contribution in [0.4, 0.5) is 26.2 Å². The highest BCUT2D eigenvalue weighted by Crippen LogP contribution is 2.28. The first kappa shape index (κ1) is 24.2. The Morgan fingerprint density at radius 3 is 2.27 bits per heavy atom. The van der Waals surface area contributed by atoms with Crippen molar-refractivity contribution < 1.29 is 17.2 Å². The first-order valence-electron chi connectivity index (χ1n) is 11.1. The highest BCUT2D eigenvalue weighted by atomic mass is 32.2. The number of primary sulfonamides is 1. The minimum absolute atomic E-state index is 0.0165. The Kier molecular flexibility index (Phi) is 6.47. The summed E-state index contributed by atoms with van der Waals surface area (Å²) in [6.07, 6.45) is 0. The number of hydrogen-bond acceptors (Lipinski definition) is 7. The number of anilines is 3. The molecule has 0 bridgehead atoms. The maximum atomic E-state index is 13.8. The molecule has 0 aliphatic heterocycles. The molecule has 37 heavy (non-hydrogen) atoms. The maximum Gasteiger partial charge on any atom is 0.238 e. The van der Waals surface area contributed by atoms with Crippen LogP contribution < -0.4 is 15.8 Å². The molecule has 0 saturated carbocycles. The number of sulfonamides is 1. The molecule has 0 aliphatic carbocycles. The number of benzene rings is 3. The lowest BCUT2D eigenvalue weighted by atomic mass is 10.1. The number of nitrogens with one attached hydrogen (secondary N) is 2. The van der Waals surface area contributed by atoms with Crippen molar-refractivity contribution in [2.45, 2.75) is 11.4 Å². The molecule has 3 aromatic carbocycles. The number of aromatic nitrogens is 3. The molecule has 0 atom stereocenters. The number of nitrogens with two attached hydrogens (primary N) is 1. The Morgan fingerprint density at radius 1 is 0.811 bits per heavy atom. The van der Waals surface area contributed by atoms with Gasteiger partial charge in [-0.1, -0.05) is 18.2 Å². The van der Waals surface area contributed by atoms with Crippen molar-refractivity contribution in [2.24, 2.45) is 5.14 Å². The van der Waals surface area contributed by atoms with Gasteiger partial charge in [0.1, 0.15) is 17.2 Å². The standard InChI is InChI=1S/C26H20F2N6O2S/c27-18-8-6-17(7-9-18)22-12-13-23-24(32-22)25(31-20-3-1-2-19(28)14-20)34-26(33-23)30-15-16-4-10-21(11-5-16)37(29,35)36/h1-14H,15H2,(H2,29,35,36)(H2,30,31,33,34). The van der Waals surface area contributed by atoms with Crippen LogP contribution in [0.1, 0.15) is 5.56 Å². The van der Waals surface area contributed by atoms with Crippen molar-refractivity contribution in [3.05, 3.63) is 102 Å². The summed E-state index contributed by atoms with van der Waals surface area (Å²) in [5.41, 5.74) is 3.51. The Morgan fingerprint density at radius 2 is 1.57 bits per heavy atom. The average Bonchev–Trinajstić information content (AvgIpc) is 2.87. The summed E-state index contributed by atoms with van der Waals surface area (Å²) in [6, 6.07) is 21.5. The van der Waals surface area contributed by atoms with E-state index < -0.39 is 15.8 Å². The fourth-order valence-electron chi connectivity index (χ4n) is 3.64. The van der Waals surface area contributed by atoms with Crippen LogP contribution in [0.2, 0.25) is 0 Å². The molecule has 5 aromatic rings. The molecule has 186 valence electrons. The minimum atomic E-state index is -3.78. The zero-order valence-electron chi connectivity index (χ0n) is 19.2. The van der Waals surface area contributed by atoms with Gasteiger partial charge in [0.05, 0.1) is 16.1 Å². The molecule has 2 aromatic heterocycles. The largest absolute Gasteiger partial charge is 0.350 e. The molecule has 0 fully saturated rings. The molecular weight excluding hydrogens is 498 g/mol. The van der Waals surface area contributed by atoms with E-state index in [0.29, 0.717) is 40.3 Å². The third-order valence-corrected chi connectivity index (χ3v) is 6.40. The van der Waals surface area contributed by atoms with Gasteiger partial charge in [-0.15, -0.1) is 0 Å². The maximum absolute atomic E-state index is 13.8. The summed E-state index contributed by atoms with van der Waals surface area (Å²) in [7, 11) is -3.78. The number of halogens is 2. The zero-order chi connectivity index (χ0) is 26.0. The summed E-state index contributed by atoms with van der Waals surface area (Å²) in [6.45, 7) is 0.302. The highest BCUT2D eigenvalue weighted by Gasteiger charge is 2.13. The van der Waals surface area contributed by atoms with E-state index in [1.165, 1.54) is 36.4 Å². The fourth-order valence-corrected chi connectivity index (χ4v) is 4.16. The van der Waals surface area contributed by atoms with E-state index in [4.69, 9.17) is 5.14 Å². The second kappa shape index (κ2) is 9.88. The van der Waals surface area contributed by atoms with Crippen LogP contribution in [0.25, 0.3) is 22.3 Å². The number of hydrogen-bond donors (Lipinski definition) is 3. The van der Waals surface area contributed by atoms with Crippen LogP contribution in [0.15, 0.2) is 89.8 Å². The smallest absolute Gasteiger partial charge is 0.238 e. The van der Waals surface area contributed by atoms with Gasteiger partial charge in [0.25, 0.3) is 0 Å². The van der Waals surface area contributed by atoms with Gasteiger partial charge in [-0.2, -0.15) is 4.98 Å². The number of rotatable bonds is 7. The van der Waals surface area contributed by atoms with Gasteiger partial charge in [-0.3, -0.25) is 0 Å². The molecule has 0 radical (unpaired) electrons. The number of fused-ring (bicyclic) bond motifs is 1. The first-order chi connectivity index (χ1) is 17.7. The summed E-state index contributed by atoms with van der Waals surface area (Å²) in [5, 5.41) is 11.4. The Bertz CT molecular complexity index is 1700. The first-order valence-corrected chi connectivity index (χ1v) is 12.6. The monoisotopic (exact) mass is 518 g/mol. The molecule has 11 heteroatoms. The van der Waals surface area contributed by atoms with E-state index in [1.54, 1.807) is 48.5 Å². The van der Waals surface area contributed by atoms with Crippen molar-refractivity contribution in [2.75, 3.05) is 10.6 Å². The summed E-state index contributed by atoms with van der Waals surface area (Å²) >= 11 is 0. The van der Waals surface area contributed by atoms with Crippen molar-refractivity contribution in [3.63, 3.8) is 0 Å². The summed E-state index contributed by atoms with van der Waals surface area (Å²) in [5.74, 6) is -0.147. The SMILES string of the molecule is NS(=O)(=O)c1ccc(CNc2nc(Nc3cccc(F)c3)c3nc(-c4ccc(F)cc4)ccc3n2)cc1. The molecule has 0 aliphatic rings. The second-order valence-corrected chi connectivity index (χ2v) is 9.71.